The van der Waals surface area contributed by atoms with Gasteiger partial charge in [0.1, 0.15) is 0 Å². The zero-order valence-electron chi connectivity index (χ0n) is 26.6. The maximum atomic E-state index is 8.52. The van der Waals surface area contributed by atoms with Crippen LogP contribution in [-0.2, 0) is 30.0 Å². The van der Waals surface area contributed by atoms with E-state index in [1.54, 1.807) is 0 Å². The summed E-state index contributed by atoms with van der Waals surface area (Å²) in [7, 11) is -5.17. The predicted octanol–water partition coefficient (Wildman–Crippen LogP) is -1.30. The molecule has 9 N–H and O–H groups in total. The van der Waals surface area contributed by atoms with Gasteiger partial charge in [-0.05, 0) is 0 Å². The van der Waals surface area contributed by atoms with E-state index in [4.69, 9.17) is 17.5 Å². The molecule has 3 aromatic carbocycles. The van der Waals surface area contributed by atoms with Gasteiger partial charge in [-0.1, -0.05) is 156 Å². The first-order chi connectivity index (χ1) is 19.7. The van der Waals surface area contributed by atoms with Crippen LogP contribution in [0.4, 0.5) is 0 Å². The van der Waals surface area contributed by atoms with E-state index in [0.29, 0.717) is 0 Å². The molecule has 0 amide bonds. The number of quaternary nitrogens is 3. The van der Waals surface area contributed by atoms with E-state index in [1.807, 2.05) is 54.6 Å². The SMILES string of the molecule is O=S(=O)([O-])[O-].[CH2-]CCCCCCCCCCC.[Cl-].[NH3+]Cc1ccccc1.[NH3+]Cc1ccccc1.[NH3+]Cc1ccccc1.[Na+]. The first kappa shape index (κ1) is 48.6. The summed E-state index contributed by atoms with van der Waals surface area (Å²) < 4.78 is 34.1. The molecule has 0 aromatic heterocycles. The third-order valence-corrected chi connectivity index (χ3v) is 5.75. The Kier molecular flexibility index (Phi) is 41.7. The van der Waals surface area contributed by atoms with E-state index in [1.165, 1.54) is 74.5 Å². The van der Waals surface area contributed by atoms with E-state index >= 15 is 0 Å². The zero-order valence-corrected chi connectivity index (χ0v) is 30.2. The molecule has 240 valence electrons. The van der Waals surface area contributed by atoms with Gasteiger partial charge < -0.3 is 45.6 Å². The minimum absolute atomic E-state index is 0. The van der Waals surface area contributed by atoms with Crippen molar-refractivity contribution >= 4 is 10.4 Å². The molecule has 7 nitrogen and oxygen atoms in total. The molecule has 3 aromatic rings. The summed E-state index contributed by atoms with van der Waals surface area (Å²) in [5, 5.41) is 0. The van der Waals surface area contributed by atoms with Gasteiger partial charge in [0.15, 0.2) is 0 Å². The summed E-state index contributed by atoms with van der Waals surface area (Å²) in [6, 6.07) is 30.7. The molecule has 0 radical (unpaired) electrons. The van der Waals surface area contributed by atoms with Gasteiger partial charge in [0, 0.05) is 27.1 Å². The average Bonchev–Trinajstić information content (AvgIpc) is 3.00. The molecule has 0 heterocycles. The Hall–Kier alpha value is -1.30. The van der Waals surface area contributed by atoms with E-state index < -0.39 is 10.4 Å². The van der Waals surface area contributed by atoms with Crippen LogP contribution in [0.5, 0.6) is 0 Å². The minimum atomic E-state index is -5.17. The summed E-state index contributed by atoms with van der Waals surface area (Å²) in [4.78, 5) is 0. The van der Waals surface area contributed by atoms with Crippen LogP contribution in [0.2, 0.25) is 0 Å². The van der Waals surface area contributed by atoms with Gasteiger partial charge in [-0.3, -0.25) is 8.42 Å². The Bertz CT molecular complexity index is 908. The van der Waals surface area contributed by atoms with Gasteiger partial charge in [0.2, 0.25) is 0 Å². The summed E-state index contributed by atoms with van der Waals surface area (Å²) in [6.45, 7) is 8.79. The molecule has 0 aliphatic rings. The molecule has 43 heavy (non-hydrogen) atoms. The summed E-state index contributed by atoms with van der Waals surface area (Å²) in [6.07, 6.45) is 13.9. The fourth-order valence-corrected chi connectivity index (χ4v) is 3.42. The van der Waals surface area contributed by atoms with Crippen LogP contribution >= 0.6 is 0 Å². The number of hydrogen-bond donors (Lipinski definition) is 3. The minimum Gasteiger partial charge on any atom is -1.00 e. The largest absolute Gasteiger partial charge is 1.00 e. The standard InChI is InChI=1S/C12H25.3C7H9N.ClH.Na.H2O4S/c1-3-5-7-9-11-12-10-8-6-4-2;3*8-6-7-4-2-1-3-5-7;;;1-5(2,3)4/h1,3-12H2,2H3;3*1-5H,6,8H2;1H;;(H2,1,2,3,4)/q-1;;;;;+1;. The third kappa shape index (κ3) is 42.9. The van der Waals surface area contributed by atoms with Crippen LogP contribution in [0.25, 0.3) is 0 Å². The van der Waals surface area contributed by atoms with Gasteiger partial charge in [-0.2, -0.15) is 6.42 Å². The average molecular weight is 648 g/mol. The molecule has 0 saturated carbocycles. The number of benzene rings is 3. The Labute approximate surface area is 290 Å². The monoisotopic (exact) mass is 647 g/mol. The predicted molar refractivity (Wildman–Crippen MR) is 167 cm³/mol. The van der Waals surface area contributed by atoms with Crippen molar-refractivity contribution in [2.75, 3.05) is 0 Å². The second-order valence-electron chi connectivity index (χ2n) is 9.30. The second kappa shape index (κ2) is 36.9. The van der Waals surface area contributed by atoms with E-state index in [0.717, 1.165) is 26.1 Å². The second-order valence-corrected chi connectivity index (χ2v) is 10.1. The van der Waals surface area contributed by atoms with Crippen molar-refractivity contribution in [3.63, 3.8) is 0 Å². The molecule has 3 rings (SSSR count). The van der Waals surface area contributed by atoms with E-state index in [9.17, 15) is 0 Å². The Morgan fingerprint density at radius 3 is 0.977 bits per heavy atom. The van der Waals surface area contributed by atoms with Crippen molar-refractivity contribution in [2.45, 2.75) is 90.8 Å². The molecule has 0 bridgehead atoms. The van der Waals surface area contributed by atoms with Crippen LogP contribution in [0.3, 0.4) is 0 Å². The molecular weight excluding hydrogens is 593 g/mol. The smallest absolute Gasteiger partial charge is 1.00 e. The first-order valence-electron chi connectivity index (χ1n) is 14.7. The summed E-state index contributed by atoms with van der Waals surface area (Å²) >= 11 is 0. The Morgan fingerprint density at radius 1 is 0.558 bits per heavy atom. The van der Waals surface area contributed by atoms with E-state index in [-0.39, 0.29) is 42.0 Å². The molecule has 0 fully saturated rings. The molecule has 0 spiro atoms. The molecule has 0 aliphatic heterocycles. The van der Waals surface area contributed by atoms with Crippen molar-refractivity contribution in [2.24, 2.45) is 0 Å². The van der Waals surface area contributed by atoms with Crippen LogP contribution in [0.15, 0.2) is 91.0 Å². The summed E-state index contributed by atoms with van der Waals surface area (Å²) in [5.41, 5.74) is 15.2. The van der Waals surface area contributed by atoms with Crippen molar-refractivity contribution < 1.29 is 76.7 Å². The van der Waals surface area contributed by atoms with Gasteiger partial charge >= 0.3 is 29.6 Å². The van der Waals surface area contributed by atoms with Crippen molar-refractivity contribution in [3.05, 3.63) is 115 Å². The number of unbranched alkanes of at least 4 members (excludes halogenated alkanes) is 9. The first-order valence-corrected chi connectivity index (χ1v) is 16.0. The van der Waals surface area contributed by atoms with Gasteiger partial charge in [-0.15, -0.1) is 0 Å². The molecule has 0 aliphatic carbocycles. The van der Waals surface area contributed by atoms with Gasteiger partial charge in [0.05, 0.1) is 19.6 Å². The van der Waals surface area contributed by atoms with Gasteiger partial charge in [-0.25, -0.2) is 0 Å². The molecular formula is C33H55ClN3NaO4S. The van der Waals surface area contributed by atoms with E-state index in [2.05, 4.69) is 67.4 Å². The number of rotatable bonds is 12. The fourth-order valence-electron chi connectivity index (χ4n) is 3.42. The number of halogens is 1. The normalized spacial score (nSPS) is 9.37. The maximum absolute atomic E-state index is 8.52. The zero-order chi connectivity index (χ0) is 31.0. The molecule has 10 heteroatoms. The quantitative estimate of drug-likeness (QED) is 0.0732. The third-order valence-electron chi connectivity index (χ3n) is 5.75. The topological polar surface area (TPSA) is 163 Å². The fraction of sp³-hybridized carbons (Fsp3) is 0.424. The van der Waals surface area contributed by atoms with Crippen molar-refractivity contribution in [1.82, 2.24) is 0 Å². The molecule has 0 atom stereocenters. The van der Waals surface area contributed by atoms with Gasteiger partial charge in [0.25, 0.3) is 0 Å². The Balaban J connectivity index is -0.000000223. The van der Waals surface area contributed by atoms with Crippen LogP contribution < -0.4 is 59.2 Å². The molecule has 0 saturated heterocycles. The molecule has 0 unspecified atom stereocenters. The maximum Gasteiger partial charge on any atom is 1.00 e. The van der Waals surface area contributed by atoms with Crippen molar-refractivity contribution in [1.29, 1.82) is 0 Å². The summed E-state index contributed by atoms with van der Waals surface area (Å²) in [5.74, 6) is 0. The number of hydrogen-bond acceptors (Lipinski definition) is 4. The van der Waals surface area contributed by atoms with Crippen molar-refractivity contribution in [3.8, 4) is 0 Å². The van der Waals surface area contributed by atoms with Crippen LogP contribution in [0.1, 0.15) is 87.8 Å². The van der Waals surface area contributed by atoms with Crippen LogP contribution in [0, 0.1) is 6.92 Å². The Morgan fingerprint density at radius 2 is 0.791 bits per heavy atom. The van der Waals surface area contributed by atoms with Crippen LogP contribution in [-0.4, -0.2) is 17.5 Å².